The molecule has 0 aliphatic carbocycles. The van der Waals surface area contributed by atoms with E-state index >= 15 is 0 Å². The zero-order chi connectivity index (χ0) is 18.8. The Hall–Kier alpha value is -3.22. The second-order valence-corrected chi connectivity index (χ2v) is 6.78. The summed E-state index contributed by atoms with van der Waals surface area (Å²) in [5.41, 5.74) is 3.08. The molecule has 1 N–H and O–H groups in total. The monoisotopic (exact) mass is 364 g/mol. The highest BCUT2D eigenvalue weighted by Gasteiger charge is 2.26. The van der Waals surface area contributed by atoms with Crippen molar-refractivity contribution in [2.75, 3.05) is 31.5 Å². The lowest BCUT2D eigenvalue weighted by molar-refractivity contribution is -0.131. The Morgan fingerprint density at radius 1 is 1.04 bits per heavy atom. The van der Waals surface area contributed by atoms with Crippen molar-refractivity contribution in [1.29, 1.82) is 0 Å². The molecule has 1 fully saturated rings. The van der Waals surface area contributed by atoms with E-state index in [0.717, 1.165) is 16.8 Å². The molecule has 2 aliphatic rings. The van der Waals surface area contributed by atoms with Crippen molar-refractivity contribution in [2.24, 2.45) is 0 Å². The first-order chi connectivity index (χ1) is 13.1. The number of benzene rings is 1. The third-order valence-corrected chi connectivity index (χ3v) is 4.96. The van der Waals surface area contributed by atoms with E-state index in [1.807, 2.05) is 18.2 Å². The number of rotatable bonds is 3. The van der Waals surface area contributed by atoms with Gasteiger partial charge in [-0.3, -0.25) is 19.4 Å². The highest BCUT2D eigenvalue weighted by Crippen LogP contribution is 2.24. The fraction of sp³-hybridized carbons (Fsp3) is 0.300. The highest BCUT2D eigenvalue weighted by atomic mass is 16.2. The van der Waals surface area contributed by atoms with Gasteiger partial charge in [-0.25, -0.2) is 0 Å². The SMILES string of the molecule is O=C1Cc2ccc(CC(=O)N3CCN(C(=O)c4ccccn4)CC3)cc2N1. The summed E-state index contributed by atoms with van der Waals surface area (Å²) in [6, 6.07) is 10.9. The number of hydrogen-bond donors (Lipinski definition) is 1. The van der Waals surface area contributed by atoms with Crippen LogP contribution in [0.15, 0.2) is 42.6 Å². The number of amides is 3. The summed E-state index contributed by atoms with van der Waals surface area (Å²) in [7, 11) is 0. The first-order valence-corrected chi connectivity index (χ1v) is 9.00. The lowest BCUT2D eigenvalue weighted by atomic mass is 10.1. The predicted octanol–water partition coefficient (Wildman–Crippen LogP) is 1.10. The first kappa shape index (κ1) is 17.2. The number of pyridine rings is 1. The molecule has 0 spiro atoms. The smallest absolute Gasteiger partial charge is 0.272 e. The molecular formula is C20H20N4O3. The van der Waals surface area contributed by atoms with E-state index in [-0.39, 0.29) is 24.1 Å². The van der Waals surface area contributed by atoms with E-state index in [2.05, 4.69) is 10.3 Å². The quantitative estimate of drug-likeness (QED) is 0.884. The minimum Gasteiger partial charge on any atom is -0.339 e. The number of anilines is 1. The van der Waals surface area contributed by atoms with Crippen molar-refractivity contribution in [3.63, 3.8) is 0 Å². The Kier molecular flexibility index (Phi) is 4.58. The largest absolute Gasteiger partial charge is 0.339 e. The Labute approximate surface area is 157 Å². The van der Waals surface area contributed by atoms with Crippen molar-refractivity contribution < 1.29 is 14.4 Å². The van der Waals surface area contributed by atoms with E-state index in [9.17, 15) is 14.4 Å². The molecule has 0 atom stereocenters. The van der Waals surface area contributed by atoms with Crippen molar-refractivity contribution in [1.82, 2.24) is 14.8 Å². The molecule has 3 heterocycles. The lowest BCUT2D eigenvalue weighted by Gasteiger charge is -2.34. The Morgan fingerprint density at radius 3 is 2.56 bits per heavy atom. The fourth-order valence-electron chi connectivity index (χ4n) is 3.47. The summed E-state index contributed by atoms with van der Waals surface area (Å²) in [5, 5.41) is 2.81. The molecule has 0 unspecified atom stereocenters. The van der Waals surface area contributed by atoms with Crippen LogP contribution < -0.4 is 5.32 Å². The minimum absolute atomic E-state index is 0.0119. The summed E-state index contributed by atoms with van der Waals surface area (Å²) in [4.78, 5) is 44.1. The Bertz CT molecular complexity index is 889. The van der Waals surface area contributed by atoms with Gasteiger partial charge < -0.3 is 15.1 Å². The second-order valence-electron chi connectivity index (χ2n) is 6.78. The third-order valence-electron chi connectivity index (χ3n) is 4.96. The Morgan fingerprint density at radius 2 is 1.81 bits per heavy atom. The molecule has 7 nitrogen and oxygen atoms in total. The molecule has 2 aromatic rings. The summed E-state index contributed by atoms with van der Waals surface area (Å²) >= 11 is 0. The van der Waals surface area contributed by atoms with Gasteiger partial charge in [0.2, 0.25) is 11.8 Å². The van der Waals surface area contributed by atoms with Crippen molar-refractivity contribution in [2.45, 2.75) is 12.8 Å². The number of carbonyl (C=O) groups is 3. The van der Waals surface area contributed by atoms with Crippen LogP contribution in [0.5, 0.6) is 0 Å². The molecule has 1 saturated heterocycles. The van der Waals surface area contributed by atoms with Gasteiger partial charge in [0, 0.05) is 38.1 Å². The Balaban J connectivity index is 1.33. The number of aromatic nitrogens is 1. The zero-order valence-electron chi connectivity index (χ0n) is 14.9. The predicted molar refractivity (Wildman–Crippen MR) is 99.2 cm³/mol. The van der Waals surface area contributed by atoms with Crippen LogP contribution in [0, 0.1) is 0 Å². The summed E-state index contributed by atoms with van der Waals surface area (Å²) < 4.78 is 0. The van der Waals surface area contributed by atoms with Gasteiger partial charge in [-0.05, 0) is 29.3 Å². The molecule has 7 heteroatoms. The van der Waals surface area contributed by atoms with Crippen LogP contribution in [0.25, 0.3) is 0 Å². The molecule has 2 aliphatic heterocycles. The van der Waals surface area contributed by atoms with Crippen molar-refractivity contribution >= 4 is 23.4 Å². The molecule has 0 saturated carbocycles. The summed E-state index contributed by atoms with van der Waals surface area (Å²) in [5.74, 6) is -0.0801. The van der Waals surface area contributed by atoms with Crippen LogP contribution in [0.3, 0.4) is 0 Å². The second kappa shape index (κ2) is 7.19. The van der Waals surface area contributed by atoms with Gasteiger partial charge in [-0.2, -0.15) is 0 Å². The van der Waals surface area contributed by atoms with Crippen LogP contribution in [0.1, 0.15) is 21.6 Å². The summed E-state index contributed by atoms with van der Waals surface area (Å²) in [6.07, 6.45) is 2.29. The highest BCUT2D eigenvalue weighted by molar-refractivity contribution is 5.99. The molecule has 138 valence electrons. The topological polar surface area (TPSA) is 82.6 Å². The standard InChI is InChI=1S/C20H20N4O3/c25-18-13-15-5-4-14(11-17(15)22-18)12-19(26)23-7-9-24(10-8-23)20(27)16-3-1-2-6-21-16/h1-6,11H,7-10,12-13H2,(H,22,25). The maximum absolute atomic E-state index is 12.6. The molecule has 1 aromatic carbocycles. The number of fused-ring (bicyclic) bond motifs is 1. The average molecular weight is 364 g/mol. The van der Waals surface area contributed by atoms with Crippen LogP contribution >= 0.6 is 0 Å². The van der Waals surface area contributed by atoms with Crippen molar-refractivity contribution in [3.05, 3.63) is 59.4 Å². The van der Waals surface area contributed by atoms with Gasteiger partial charge in [0.15, 0.2) is 0 Å². The van der Waals surface area contributed by atoms with Gasteiger partial charge in [-0.15, -0.1) is 0 Å². The van der Waals surface area contributed by atoms with E-state index in [4.69, 9.17) is 0 Å². The molecule has 0 radical (unpaired) electrons. The van der Waals surface area contributed by atoms with E-state index in [0.29, 0.717) is 38.3 Å². The molecule has 3 amide bonds. The molecule has 27 heavy (non-hydrogen) atoms. The van der Waals surface area contributed by atoms with Gasteiger partial charge in [-0.1, -0.05) is 18.2 Å². The van der Waals surface area contributed by atoms with Gasteiger partial charge in [0.05, 0.1) is 12.8 Å². The molecular weight excluding hydrogens is 344 g/mol. The van der Waals surface area contributed by atoms with E-state index in [1.54, 1.807) is 34.2 Å². The maximum atomic E-state index is 12.6. The number of nitrogens with zero attached hydrogens (tertiary/aromatic N) is 3. The van der Waals surface area contributed by atoms with Crippen LogP contribution in [-0.4, -0.2) is 58.7 Å². The number of piperazine rings is 1. The van der Waals surface area contributed by atoms with E-state index < -0.39 is 0 Å². The minimum atomic E-state index is -0.0999. The van der Waals surface area contributed by atoms with Crippen LogP contribution in [0.2, 0.25) is 0 Å². The van der Waals surface area contributed by atoms with E-state index in [1.165, 1.54) is 0 Å². The fourth-order valence-corrected chi connectivity index (χ4v) is 3.47. The van der Waals surface area contributed by atoms with Crippen LogP contribution in [0.4, 0.5) is 5.69 Å². The molecule has 0 bridgehead atoms. The maximum Gasteiger partial charge on any atom is 0.272 e. The molecule has 4 rings (SSSR count). The molecule has 1 aromatic heterocycles. The first-order valence-electron chi connectivity index (χ1n) is 9.00. The van der Waals surface area contributed by atoms with Crippen molar-refractivity contribution in [3.8, 4) is 0 Å². The summed E-state index contributed by atoms with van der Waals surface area (Å²) in [6.45, 7) is 2.03. The third kappa shape index (κ3) is 3.67. The average Bonchev–Trinajstić information content (AvgIpc) is 3.07. The van der Waals surface area contributed by atoms with Crippen LogP contribution in [-0.2, 0) is 22.4 Å². The van der Waals surface area contributed by atoms with Gasteiger partial charge in [0.1, 0.15) is 5.69 Å². The number of carbonyl (C=O) groups excluding carboxylic acids is 3. The number of hydrogen-bond acceptors (Lipinski definition) is 4. The number of nitrogens with one attached hydrogen (secondary N) is 1. The van der Waals surface area contributed by atoms with Gasteiger partial charge >= 0.3 is 0 Å². The van der Waals surface area contributed by atoms with Gasteiger partial charge in [0.25, 0.3) is 5.91 Å². The zero-order valence-corrected chi connectivity index (χ0v) is 14.9. The lowest BCUT2D eigenvalue weighted by Crippen LogP contribution is -2.51. The normalized spacial score (nSPS) is 16.1.